The minimum atomic E-state index is -3.10. The number of piperidine rings is 3. The summed E-state index contributed by atoms with van der Waals surface area (Å²) in [6.45, 7) is 0.571. The van der Waals surface area contributed by atoms with Crippen molar-refractivity contribution in [1.82, 2.24) is 15.5 Å². The van der Waals surface area contributed by atoms with Crippen molar-refractivity contribution in [3.63, 3.8) is 0 Å². The largest absolute Gasteiger partial charge is 0.374 e. The summed E-state index contributed by atoms with van der Waals surface area (Å²) in [5.74, 6) is -5.83. The van der Waals surface area contributed by atoms with Crippen molar-refractivity contribution in [2.75, 3.05) is 11.9 Å². The van der Waals surface area contributed by atoms with Gasteiger partial charge in [-0.1, -0.05) is 30.5 Å². The molecule has 6 rings (SSSR count). The van der Waals surface area contributed by atoms with Crippen LogP contribution in [-0.2, 0) is 14.4 Å². The molecule has 6 atom stereocenters. The number of hydrogen-bond donors (Lipinski definition) is 3. The zero-order valence-electron chi connectivity index (χ0n) is 21.7. The van der Waals surface area contributed by atoms with Crippen LogP contribution in [0.1, 0.15) is 57.8 Å². The molecule has 0 aromatic heterocycles. The SMILES string of the molecule is N#C[C@H](C[C@H]1CCCNC1=O)NC(=O)[C@@H]1[C@H]2CC[C@H](CC2(F)F)N1C(=O)[C@H](CC1CC1)Nc1cccc(Cl)c1. The molecule has 1 aromatic rings. The number of amides is 3. The molecule has 210 valence electrons. The number of nitriles is 1. The Bertz CT molecular complexity index is 1160. The van der Waals surface area contributed by atoms with Gasteiger partial charge in [0, 0.05) is 35.6 Å². The van der Waals surface area contributed by atoms with Crippen LogP contribution < -0.4 is 16.0 Å². The molecule has 0 spiro atoms. The van der Waals surface area contributed by atoms with Crippen molar-refractivity contribution < 1.29 is 23.2 Å². The van der Waals surface area contributed by atoms with Gasteiger partial charge in [0.25, 0.3) is 5.92 Å². The summed E-state index contributed by atoms with van der Waals surface area (Å²) in [7, 11) is 0. The predicted molar refractivity (Wildman–Crippen MR) is 141 cm³/mol. The van der Waals surface area contributed by atoms with Crippen LogP contribution in [0.3, 0.4) is 0 Å². The van der Waals surface area contributed by atoms with Crippen LogP contribution in [0.25, 0.3) is 0 Å². The molecule has 2 saturated carbocycles. The second-order valence-electron chi connectivity index (χ2n) is 11.4. The lowest BCUT2D eigenvalue weighted by Crippen LogP contribution is -2.70. The smallest absolute Gasteiger partial charge is 0.255 e. The molecule has 2 bridgehead atoms. The maximum absolute atomic E-state index is 15.1. The maximum atomic E-state index is 15.1. The van der Waals surface area contributed by atoms with Gasteiger partial charge in [0.15, 0.2) is 0 Å². The van der Waals surface area contributed by atoms with E-state index in [-0.39, 0.29) is 24.7 Å². The first-order valence-electron chi connectivity index (χ1n) is 13.9. The van der Waals surface area contributed by atoms with Gasteiger partial charge in [-0.15, -0.1) is 0 Å². The number of hydrogen-bond acceptors (Lipinski definition) is 5. The number of rotatable bonds is 9. The Balaban J connectivity index is 1.38. The van der Waals surface area contributed by atoms with E-state index in [2.05, 4.69) is 16.0 Å². The first-order chi connectivity index (χ1) is 18.7. The van der Waals surface area contributed by atoms with E-state index in [1.54, 1.807) is 24.3 Å². The zero-order chi connectivity index (χ0) is 27.7. The topological polar surface area (TPSA) is 114 Å². The molecule has 5 aliphatic rings. The first kappa shape index (κ1) is 27.6. The van der Waals surface area contributed by atoms with Gasteiger partial charge in [-0.2, -0.15) is 5.26 Å². The number of anilines is 1. The highest BCUT2D eigenvalue weighted by Crippen LogP contribution is 2.49. The Kier molecular flexibility index (Phi) is 7.99. The molecular weight excluding hydrogens is 528 g/mol. The third-order valence-electron chi connectivity index (χ3n) is 8.58. The Morgan fingerprint density at radius 3 is 2.67 bits per heavy atom. The van der Waals surface area contributed by atoms with Gasteiger partial charge in [-0.25, -0.2) is 8.78 Å². The van der Waals surface area contributed by atoms with Crippen LogP contribution in [0.4, 0.5) is 14.5 Å². The van der Waals surface area contributed by atoms with Gasteiger partial charge in [0.1, 0.15) is 18.1 Å². The fourth-order valence-corrected chi connectivity index (χ4v) is 6.63. The maximum Gasteiger partial charge on any atom is 0.255 e. The van der Waals surface area contributed by atoms with E-state index >= 15 is 8.78 Å². The van der Waals surface area contributed by atoms with Crippen molar-refractivity contribution in [3.05, 3.63) is 29.3 Å². The molecule has 1 aromatic carbocycles. The standard InChI is InChI=1S/C28H34ClF2N5O3/c29-18-4-1-5-19(13-18)34-23(11-16-6-7-16)27(39)36-21-8-9-22(28(30,31)14-21)24(36)26(38)35-20(15-32)12-17-3-2-10-33-25(17)37/h1,4-5,13,16-17,20-24,34H,2-3,6-12,14H2,(H,33,37)(H,35,38)/t17-,20+,21-,22-,23+,24+/m1/s1. The monoisotopic (exact) mass is 561 g/mol. The number of carbonyl (C=O) groups is 3. The molecule has 5 fully saturated rings. The van der Waals surface area contributed by atoms with Gasteiger partial charge in [0.2, 0.25) is 17.7 Å². The van der Waals surface area contributed by atoms with E-state index in [4.69, 9.17) is 11.6 Å². The quantitative estimate of drug-likeness (QED) is 0.424. The average Bonchev–Trinajstić information content (AvgIpc) is 3.72. The molecule has 11 heteroatoms. The lowest BCUT2D eigenvalue weighted by atomic mass is 9.71. The van der Waals surface area contributed by atoms with Crippen LogP contribution in [0.15, 0.2) is 24.3 Å². The summed E-state index contributed by atoms with van der Waals surface area (Å²) in [4.78, 5) is 41.3. The average molecular weight is 562 g/mol. The van der Waals surface area contributed by atoms with Gasteiger partial charge in [-0.05, 0) is 62.6 Å². The predicted octanol–water partition coefficient (Wildman–Crippen LogP) is 3.86. The molecule has 3 amide bonds. The Morgan fingerprint density at radius 1 is 1.21 bits per heavy atom. The number of carbonyl (C=O) groups excluding carboxylic acids is 3. The summed E-state index contributed by atoms with van der Waals surface area (Å²) in [6.07, 6.45) is 4.01. The van der Waals surface area contributed by atoms with Crippen LogP contribution in [0, 0.1) is 29.1 Å². The molecule has 2 aliphatic carbocycles. The summed E-state index contributed by atoms with van der Waals surface area (Å²) < 4.78 is 30.3. The van der Waals surface area contributed by atoms with E-state index in [1.807, 2.05) is 6.07 Å². The van der Waals surface area contributed by atoms with Gasteiger partial charge >= 0.3 is 0 Å². The van der Waals surface area contributed by atoms with Crippen LogP contribution in [-0.4, -0.2) is 59.3 Å². The minimum absolute atomic E-state index is 0.0971. The van der Waals surface area contributed by atoms with E-state index < -0.39 is 54.3 Å². The lowest BCUT2D eigenvalue weighted by molar-refractivity contribution is -0.194. The minimum Gasteiger partial charge on any atom is -0.374 e. The zero-order valence-corrected chi connectivity index (χ0v) is 22.4. The van der Waals surface area contributed by atoms with E-state index in [0.717, 1.165) is 19.3 Å². The third-order valence-corrected chi connectivity index (χ3v) is 8.82. The Labute approximate surface area is 231 Å². The highest BCUT2D eigenvalue weighted by atomic mass is 35.5. The molecule has 3 aliphatic heterocycles. The van der Waals surface area contributed by atoms with Crippen LogP contribution in [0.5, 0.6) is 0 Å². The number of halogens is 3. The van der Waals surface area contributed by atoms with Gasteiger partial charge in [-0.3, -0.25) is 14.4 Å². The first-order valence-corrected chi connectivity index (χ1v) is 14.2. The van der Waals surface area contributed by atoms with E-state index in [9.17, 15) is 19.6 Å². The highest BCUT2D eigenvalue weighted by molar-refractivity contribution is 6.30. The molecule has 8 nitrogen and oxygen atoms in total. The summed E-state index contributed by atoms with van der Waals surface area (Å²) in [5, 5.41) is 18.9. The molecule has 3 N–H and O–H groups in total. The van der Waals surface area contributed by atoms with Crippen molar-refractivity contribution in [3.8, 4) is 6.07 Å². The fourth-order valence-electron chi connectivity index (χ4n) is 6.44. The van der Waals surface area contributed by atoms with E-state index in [0.29, 0.717) is 42.4 Å². The summed E-state index contributed by atoms with van der Waals surface area (Å²) in [6, 6.07) is 5.10. The highest BCUT2D eigenvalue weighted by Gasteiger charge is 2.61. The number of fused-ring (bicyclic) bond motifs is 3. The molecule has 0 radical (unpaired) electrons. The van der Waals surface area contributed by atoms with Gasteiger partial charge < -0.3 is 20.9 Å². The second-order valence-corrected chi connectivity index (χ2v) is 11.9. The Hall–Kier alpha value is -2.93. The Morgan fingerprint density at radius 2 is 2.00 bits per heavy atom. The van der Waals surface area contributed by atoms with Crippen molar-refractivity contribution >= 4 is 35.0 Å². The van der Waals surface area contributed by atoms with Crippen LogP contribution in [0.2, 0.25) is 5.02 Å². The summed E-state index contributed by atoms with van der Waals surface area (Å²) in [5.41, 5.74) is 0.644. The van der Waals surface area contributed by atoms with E-state index in [1.165, 1.54) is 4.90 Å². The normalized spacial score (nSPS) is 29.1. The van der Waals surface area contributed by atoms with Crippen molar-refractivity contribution in [1.29, 1.82) is 5.26 Å². The number of benzene rings is 1. The molecule has 39 heavy (non-hydrogen) atoms. The molecule has 3 saturated heterocycles. The molecular formula is C28H34ClF2N5O3. The molecule has 3 heterocycles. The van der Waals surface area contributed by atoms with Crippen molar-refractivity contribution in [2.24, 2.45) is 17.8 Å². The van der Waals surface area contributed by atoms with Gasteiger partial charge in [0.05, 0.1) is 12.0 Å². The number of nitrogens with zero attached hydrogens (tertiary/aromatic N) is 2. The van der Waals surface area contributed by atoms with Crippen molar-refractivity contribution in [2.45, 2.75) is 87.9 Å². The second kappa shape index (κ2) is 11.3. The number of alkyl halides is 2. The lowest BCUT2D eigenvalue weighted by Gasteiger charge is -2.54. The molecule has 0 unspecified atom stereocenters. The summed E-state index contributed by atoms with van der Waals surface area (Å²) >= 11 is 6.14. The third kappa shape index (κ3) is 6.13. The van der Waals surface area contributed by atoms with Crippen LogP contribution >= 0.6 is 11.6 Å². The fraction of sp³-hybridized carbons (Fsp3) is 0.643. The number of nitrogens with one attached hydrogen (secondary N) is 3.